The van der Waals surface area contributed by atoms with E-state index in [-0.39, 0.29) is 0 Å². The van der Waals surface area contributed by atoms with E-state index in [1.165, 1.54) is 10.4 Å². The second-order valence-electron chi connectivity index (χ2n) is 5.33. The highest BCUT2D eigenvalue weighted by Crippen LogP contribution is 2.37. The molecule has 0 bridgehead atoms. The molecule has 0 radical (unpaired) electrons. The average Bonchev–Trinajstić information content (AvgIpc) is 3.05. The van der Waals surface area contributed by atoms with Crippen molar-refractivity contribution in [2.45, 2.75) is 31.3 Å². The lowest BCUT2D eigenvalue weighted by molar-refractivity contribution is 0.362. The van der Waals surface area contributed by atoms with Crippen molar-refractivity contribution in [1.82, 2.24) is 5.32 Å². The van der Waals surface area contributed by atoms with Crippen LogP contribution >= 0.6 is 11.3 Å². The summed E-state index contributed by atoms with van der Waals surface area (Å²) in [7, 11) is 1.68. The Morgan fingerprint density at radius 1 is 1.43 bits per heavy atom. The van der Waals surface area contributed by atoms with Gasteiger partial charge in [-0.1, -0.05) is 12.1 Å². The highest BCUT2D eigenvalue weighted by Gasteiger charge is 2.36. The number of benzene rings is 1. The maximum atomic E-state index is 9.80. The van der Waals surface area contributed by atoms with Crippen LogP contribution < -0.4 is 10.1 Å². The molecule has 1 unspecified atom stereocenters. The molecule has 1 aromatic carbocycles. The van der Waals surface area contributed by atoms with Crippen molar-refractivity contribution in [2.24, 2.45) is 0 Å². The number of methoxy groups -OCH3 is 1. The zero-order valence-corrected chi connectivity index (χ0v) is 12.9. The Kier molecular flexibility index (Phi) is 3.96. The van der Waals surface area contributed by atoms with Crippen molar-refractivity contribution < 1.29 is 4.74 Å². The summed E-state index contributed by atoms with van der Waals surface area (Å²) in [6, 6.07) is 12.7. The molecule has 1 aliphatic carbocycles. The molecule has 1 heterocycles. The summed E-state index contributed by atoms with van der Waals surface area (Å²) in [6.07, 6.45) is 2.88. The van der Waals surface area contributed by atoms with Gasteiger partial charge in [-0.25, -0.2) is 0 Å². The van der Waals surface area contributed by atoms with Crippen molar-refractivity contribution in [3.8, 4) is 11.8 Å². The fourth-order valence-corrected chi connectivity index (χ4v) is 3.63. The molecule has 108 valence electrons. The molecule has 21 heavy (non-hydrogen) atoms. The lowest BCUT2D eigenvalue weighted by Gasteiger charge is -2.34. The van der Waals surface area contributed by atoms with Gasteiger partial charge in [-0.15, -0.1) is 11.3 Å². The van der Waals surface area contributed by atoms with Crippen molar-refractivity contribution >= 4 is 11.3 Å². The average molecular weight is 298 g/mol. The van der Waals surface area contributed by atoms with Gasteiger partial charge in [-0.05, 0) is 54.0 Å². The van der Waals surface area contributed by atoms with Gasteiger partial charge in [-0.2, -0.15) is 5.26 Å². The van der Waals surface area contributed by atoms with Crippen LogP contribution in [0.15, 0.2) is 35.7 Å². The van der Waals surface area contributed by atoms with Gasteiger partial charge in [0.2, 0.25) is 0 Å². The summed E-state index contributed by atoms with van der Waals surface area (Å²) >= 11 is 1.72. The molecule has 1 atom stereocenters. The highest BCUT2D eigenvalue weighted by atomic mass is 32.1. The van der Waals surface area contributed by atoms with E-state index in [2.05, 4.69) is 28.9 Å². The van der Waals surface area contributed by atoms with E-state index >= 15 is 0 Å². The number of nitrogens with one attached hydrogen (secondary N) is 1. The van der Waals surface area contributed by atoms with Crippen LogP contribution in [0.1, 0.15) is 28.8 Å². The summed E-state index contributed by atoms with van der Waals surface area (Å²) in [5, 5.41) is 15.4. The predicted octanol–water partition coefficient (Wildman–Crippen LogP) is 3.60. The SMILES string of the molecule is COc1ccc2c(c1)CCCC2(C#N)NCc1cccs1. The number of fused-ring (bicyclic) bond motifs is 1. The molecular formula is C17H18N2OS. The van der Waals surface area contributed by atoms with Gasteiger partial charge in [-0.3, -0.25) is 5.32 Å². The number of rotatable bonds is 4. The zero-order chi connectivity index (χ0) is 14.7. The lowest BCUT2D eigenvalue weighted by Crippen LogP contribution is -2.43. The number of thiophene rings is 1. The van der Waals surface area contributed by atoms with Gasteiger partial charge >= 0.3 is 0 Å². The topological polar surface area (TPSA) is 45.0 Å². The monoisotopic (exact) mass is 298 g/mol. The zero-order valence-electron chi connectivity index (χ0n) is 12.1. The Balaban J connectivity index is 1.91. The normalized spacial score (nSPS) is 20.6. The molecule has 0 saturated heterocycles. The maximum absolute atomic E-state index is 9.80. The fraction of sp³-hybridized carbons (Fsp3) is 0.353. The number of nitriles is 1. The van der Waals surface area contributed by atoms with E-state index in [9.17, 15) is 5.26 Å². The van der Waals surface area contributed by atoms with Gasteiger partial charge in [0.05, 0.1) is 13.2 Å². The Bertz CT molecular complexity index is 660. The van der Waals surface area contributed by atoms with Crippen LogP contribution in [0.25, 0.3) is 0 Å². The quantitative estimate of drug-likeness (QED) is 0.938. The van der Waals surface area contributed by atoms with E-state index < -0.39 is 5.54 Å². The van der Waals surface area contributed by atoms with Crippen LogP contribution in [0.4, 0.5) is 0 Å². The van der Waals surface area contributed by atoms with Crippen molar-refractivity contribution in [1.29, 1.82) is 5.26 Å². The van der Waals surface area contributed by atoms with Crippen LogP contribution in [-0.4, -0.2) is 7.11 Å². The van der Waals surface area contributed by atoms with E-state index in [1.54, 1.807) is 18.4 Å². The van der Waals surface area contributed by atoms with E-state index in [0.717, 1.165) is 37.1 Å². The van der Waals surface area contributed by atoms with Gasteiger partial charge in [0, 0.05) is 11.4 Å². The first kappa shape index (κ1) is 14.1. The Hall–Kier alpha value is -1.83. The van der Waals surface area contributed by atoms with Crippen molar-refractivity contribution in [3.05, 3.63) is 51.7 Å². The molecule has 4 heteroatoms. The maximum Gasteiger partial charge on any atom is 0.132 e. The molecule has 1 N–H and O–H groups in total. The molecule has 1 aliphatic rings. The van der Waals surface area contributed by atoms with Crippen LogP contribution in [0.2, 0.25) is 0 Å². The molecule has 3 rings (SSSR count). The number of nitrogens with zero attached hydrogens (tertiary/aromatic N) is 1. The van der Waals surface area contributed by atoms with Gasteiger partial charge < -0.3 is 4.74 Å². The number of hydrogen-bond acceptors (Lipinski definition) is 4. The number of ether oxygens (including phenoxy) is 1. The van der Waals surface area contributed by atoms with Crippen molar-refractivity contribution in [3.63, 3.8) is 0 Å². The van der Waals surface area contributed by atoms with Gasteiger partial charge in [0.15, 0.2) is 0 Å². The molecule has 2 aromatic rings. The second kappa shape index (κ2) is 5.88. The van der Waals surface area contributed by atoms with Crippen LogP contribution in [-0.2, 0) is 18.5 Å². The third-order valence-electron chi connectivity index (χ3n) is 4.11. The van der Waals surface area contributed by atoms with Gasteiger partial charge in [0.25, 0.3) is 0 Å². The number of aryl methyl sites for hydroxylation is 1. The third kappa shape index (κ3) is 2.67. The summed E-state index contributed by atoms with van der Waals surface area (Å²) in [4.78, 5) is 1.25. The first-order valence-electron chi connectivity index (χ1n) is 7.13. The molecule has 0 fully saturated rings. The Morgan fingerprint density at radius 3 is 3.05 bits per heavy atom. The summed E-state index contributed by atoms with van der Waals surface area (Å²) in [5.74, 6) is 0.862. The summed E-state index contributed by atoms with van der Waals surface area (Å²) in [5.41, 5.74) is 1.75. The first-order chi connectivity index (χ1) is 10.3. The van der Waals surface area contributed by atoms with Crippen LogP contribution in [0.3, 0.4) is 0 Å². The molecular weight excluding hydrogens is 280 g/mol. The first-order valence-corrected chi connectivity index (χ1v) is 8.01. The van der Waals surface area contributed by atoms with Crippen molar-refractivity contribution in [2.75, 3.05) is 7.11 Å². The third-order valence-corrected chi connectivity index (χ3v) is 4.98. The van der Waals surface area contributed by atoms with E-state index in [0.29, 0.717) is 0 Å². The largest absolute Gasteiger partial charge is 0.497 e. The Labute approximate surface area is 129 Å². The molecule has 0 aliphatic heterocycles. The van der Waals surface area contributed by atoms with E-state index in [4.69, 9.17) is 4.74 Å². The molecule has 3 nitrogen and oxygen atoms in total. The standard InChI is InChI=1S/C17H18N2OS/c1-20-14-6-7-16-13(10-14)4-2-8-17(16,12-18)19-11-15-5-3-9-21-15/h3,5-7,9-10,19H,2,4,8,11H2,1H3. The van der Waals surface area contributed by atoms with Crippen LogP contribution in [0.5, 0.6) is 5.75 Å². The minimum Gasteiger partial charge on any atom is -0.497 e. The van der Waals surface area contributed by atoms with Crippen LogP contribution in [0, 0.1) is 11.3 Å². The predicted molar refractivity (Wildman–Crippen MR) is 84.4 cm³/mol. The molecule has 0 spiro atoms. The fourth-order valence-electron chi connectivity index (χ4n) is 2.99. The Morgan fingerprint density at radius 2 is 2.33 bits per heavy atom. The second-order valence-corrected chi connectivity index (χ2v) is 6.36. The van der Waals surface area contributed by atoms with E-state index in [1.807, 2.05) is 18.2 Å². The minimum absolute atomic E-state index is 0.580. The van der Waals surface area contributed by atoms with Gasteiger partial charge in [0.1, 0.15) is 11.3 Å². The lowest BCUT2D eigenvalue weighted by atomic mass is 9.77. The highest BCUT2D eigenvalue weighted by molar-refractivity contribution is 7.09. The minimum atomic E-state index is -0.580. The summed E-state index contributed by atoms with van der Waals surface area (Å²) in [6.45, 7) is 0.733. The smallest absolute Gasteiger partial charge is 0.132 e. The molecule has 1 aromatic heterocycles. The molecule has 0 amide bonds. The number of hydrogen-bond donors (Lipinski definition) is 1. The summed E-state index contributed by atoms with van der Waals surface area (Å²) < 4.78 is 5.30. The molecule has 0 saturated carbocycles.